The van der Waals surface area contributed by atoms with Crippen molar-refractivity contribution in [1.29, 1.82) is 5.26 Å². The van der Waals surface area contributed by atoms with Crippen LogP contribution in [0.1, 0.15) is 28.2 Å². The van der Waals surface area contributed by atoms with Crippen molar-refractivity contribution >= 4 is 71.2 Å². The van der Waals surface area contributed by atoms with Gasteiger partial charge < -0.3 is 13.6 Å². The number of nitriles is 1. The van der Waals surface area contributed by atoms with Crippen molar-refractivity contribution in [2.24, 2.45) is 0 Å². The number of hydrogen-bond donors (Lipinski definition) is 0. The molecule has 5 nitrogen and oxygen atoms in total. The highest BCUT2D eigenvalue weighted by molar-refractivity contribution is 6.24. The maximum absolute atomic E-state index is 10.4. The Labute approximate surface area is 356 Å². The molecule has 0 spiro atoms. The molecule has 1 unspecified atom stereocenters. The molecule has 13 rings (SSSR count). The van der Waals surface area contributed by atoms with E-state index < -0.39 is 0 Å². The molecule has 3 heterocycles. The molecule has 0 fully saturated rings. The summed E-state index contributed by atoms with van der Waals surface area (Å²) in [6.07, 6.45) is 0. The summed E-state index contributed by atoms with van der Waals surface area (Å²) in [5.74, 6) is 0.0518. The minimum atomic E-state index is 0.0518. The molecule has 62 heavy (non-hydrogen) atoms. The number of aromatic nitrogens is 2. The highest BCUT2D eigenvalue weighted by Gasteiger charge is 2.33. The van der Waals surface area contributed by atoms with Crippen LogP contribution in [0.2, 0.25) is 0 Å². The molecule has 0 N–H and O–H groups in total. The van der Waals surface area contributed by atoms with E-state index in [9.17, 15) is 5.26 Å². The fourth-order valence-corrected chi connectivity index (χ4v) is 10.4. The van der Waals surface area contributed by atoms with Gasteiger partial charge in [0.25, 0.3) is 0 Å². The standard InChI is InChI=1S/C57H32N4O/c1-59-38-23-27-50-48(32-38)55-51(28-26-46-42-14-8-10-18-52(42)62-57(46)55)60(50)40-30-34(33-58)29-37(31-40)35-19-21-36(22-20-35)53-43-15-5-6-16-44(43)54-47(53)25-24-45-41-13-7-9-17-49(41)61(56(45)54)39-11-3-2-4-12-39/h2-32,53H. The monoisotopic (exact) mass is 788 g/mol. The predicted molar refractivity (Wildman–Crippen MR) is 252 cm³/mol. The third-order valence-corrected chi connectivity index (χ3v) is 13.0. The van der Waals surface area contributed by atoms with Crippen molar-refractivity contribution in [3.05, 3.63) is 222 Å². The van der Waals surface area contributed by atoms with Crippen LogP contribution >= 0.6 is 0 Å². The van der Waals surface area contributed by atoms with Gasteiger partial charge >= 0.3 is 0 Å². The van der Waals surface area contributed by atoms with Crippen LogP contribution in [0.15, 0.2) is 192 Å². The van der Waals surface area contributed by atoms with Crippen molar-refractivity contribution in [3.63, 3.8) is 0 Å². The average molecular weight is 789 g/mol. The van der Waals surface area contributed by atoms with Crippen LogP contribution < -0.4 is 0 Å². The van der Waals surface area contributed by atoms with Crippen molar-refractivity contribution in [2.75, 3.05) is 0 Å². The Bertz CT molecular complexity index is 3940. The van der Waals surface area contributed by atoms with E-state index in [0.29, 0.717) is 11.3 Å². The molecule has 1 aliphatic carbocycles. The summed E-state index contributed by atoms with van der Waals surface area (Å²) in [6, 6.07) is 68.5. The van der Waals surface area contributed by atoms with E-state index in [2.05, 4.69) is 160 Å². The van der Waals surface area contributed by atoms with E-state index in [1.165, 1.54) is 49.6 Å². The largest absolute Gasteiger partial charge is 0.455 e. The van der Waals surface area contributed by atoms with Gasteiger partial charge in [-0.2, -0.15) is 5.26 Å². The number of hydrogen-bond acceptors (Lipinski definition) is 2. The van der Waals surface area contributed by atoms with E-state index in [1.54, 1.807) is 0 Å². The molecule has 3 aromatic heterocycles. The van der Waals surface area contributed by atoms with E-state index in [0.717, 1.165) is 66.2 Å². The van der Waals surface area contributed by atoms with Gasteiger partial charge in [-0.25, -0.2) is 4.85 Å². The number of benzene rings is 9. The summed E-state index contributed by atoms with van der Waals surface area (Å²) in [5.41, 5.74) is 17.4. The number of para-hydroxylation sites is 3. The fourth-order valence-electron chi connectivity index (χ4n) is 10.4. The van der Waals surface area contributed by atoms with Crippen LogP contribution in [0.3, 0.4) is 0 Å². The van der Waals surface area contributed by atoms with E-state index in [1.807, 2.05) is 48.5 Å². The lowest BCUT2D eigenvalue weighted by Crippen LogP contribution is -2.00. The maximum Gasteiger partial charge on any atom is 0.188 e. The Kier molecular flexibility index (Phi) is 7.14. The third kappa shape index (κ3) is 4.76. The average Bonchev–Trinajstić information content (AvgIpc) is 4.07. The first-order chi connectivity index (χ1) is 30.7. The van der Waals surface area contributed by atoms with Gasteiger partial charge in [-0.1, -0.05) is 121 Å². The molecular formula is C57H32N4O. The third-order valence-electron chi connectivity index (χ3n) is 13.0. The van der Waals surface area contributed by atoms with Crippen molar-refractivity contribution < 1.29 is 4.42 Å². The summed E-state index contributed by atoms with van der Waals surface area (Å²) < 4.78 is 11.2. The smallest absolute Gasteiger partial charge is 0.188 e. The summed E-state index contributed by atoms with van der Waals surface area (Å²) in [4.78, 5) is 3.78. The Balaban J connectivity index is 0.967. The molecule has 286 valence electrons. The molecule has 0 saturated heterocycles. The van der Waals surface area contributed by atoms with Crippen LogP contribution in [-0.4, -0.2) is 9.13 Å². The van der Waals surface area contributed by atoms with Gasteiger partial charge in [0.15, 0.2) is 5.69 Å². The maximum atomic E-state index is 10.4. The summed E-state index contributed by atoms with van der Waals surface area (Å²) in [5, 5.41) is 16.9. The number of nitrogens with zero attached hydrogens (tertiary/aromatic N) is 4. The normalized spacial score (nSPS) is 13.3. The Morgan fingerprint density at radius 2 is 1.27 bits per heavy atom. The first kappa shape index (κ1) is 34.2. The Morgan fingerprint density at radius 3 is 2.13 bits per heavy atom. The zero-order valence-electron chi connectivity index (χ0n) is 33.2. The molecular weight excluding hydrogens is 757 g/mol. The van der Waals surface area contributed by atoms with Gasteiger partial charge in [-0.05, 0) is 100 Å². The van der Waals surface area contributed by atoms with Gasteiger partial charge in [0, 0.05) is 55.2 Å². The quantitative estimate of drug-likeness (QED) is 0.167. The number of rotatable bonds is 4. The van der Waals surface area contributed by atoms with Crippen LogP contribution in [0.25, 0.3) is 104 Å². The minimum absolute atomic E-state index is 0.0518. The molecule has 12 aromatic rings. The van der Waals surface area contributed by atoms with Crippen molar-refractivity contribution in [1.82, 2.24) is 9.13 Å². The molecule has 0 amide bonds. The zero-order chi connectivity index (χ0) is 41.1. The Hall–Kier alpha value is -8.64. The van der Waals surface area contributed by atoms with E-state index in [-0.39, 0.29) is 5.92 Å². The van der Waals surface area contributed by atoms with Gasteiger partial charge in [-0.15, -0.1) is 0 Å². The predicted octanol–water partition coefficient (Wildman–Crippen LogP) is 15.0. The van der Waals surface area contributed by atoms with Crippen molar-refractivity contribution in [2.45, 2.75) is 5.92 Å². The lowest BCUT2D eigenvalue weighted by molar-refractivity contribution is 0.673. The van der Waals surface area contributed by atoms with Crippen LogP contribution in [0, 0.1) is 17.9 Å². The molecule has 0 saturated carbocycles. The van der Waals surface area contributed by atoms with Gasteiger partial charge in [-0.3, -0.25) is 0 Å². The zero-order valence-corrected chi connectivity index (χ0v) is 33.2. The minimum Gasteiger partial charge on any atom is -0.455 e. The highest BCUT2D eigenvalue weighted by atomic mass is 16.3. The highest BCUT2D eigenvalue weighted by Crippen LogP contribution is 2.53. The molecule has 5 heteroatoms. The Morgan fingerprint density at radius 1 is 0.532 bits per heavy atom. The molecule has 1 atom stereocenters. The lowest BCUT2D eigenvalue weighted by atomic mass is 9.88. The van der Waals surface area contributed by atoms with E-state index >= 15 is 0 Å². The van der Waals surface area contributed by atoms with Crippen molar-refractivity contribution in [3.8, 4) is 39.7 Å². The summed E-state index contributed by atoms with van der Waals surface area (Å²) in [6.45, 7) is 7.82. The van der Waals surface area contributed by atoms with Crippen LogP contribution in [-0.2, 0) is 0 Å². The fraction of sp³-hybridized carbons (Fsp3) is 0.0175. The number of furan rings is 1. The second-order valence-corrected chi connectivity index (χ2v) is 16.2. The summed E-state index contributed by atoms with van der Waals surface area (Å²) in [7, 11) is 0. The van der Waals surface area contributed by atoms with Gasteiger partial charge in [0.05, 0.1) is 40.3 Å². The first-order valence-electron chi connectivity index (χ1n) is 20.8. The first-order valence-corrected chi connectivity index (χ1v) is 20.8. The molecule has 0 radical (unpaired) electrons. The molecule has 0 aliphatic heterocycles. The second kappa shape index (κ2) is 12.9. The van der Waals surface area contributed by atoms with E-state index in [4.69, 9.17) is 11.0 Å². The number of fused-ring (bicyclic) bond motifs is 14. The van der Waals surface area contributed by atoms with Crippen LogP contribution in [0.4, 0.5) is 5.69 Å². The van der Waals surface area contributed by atoms with Crippen LogP contribution in [0.5, 0.6) is 0 Å². The molecule has 9 aromatic carbocycles. The van der Waals surface area contributed by atoms with Gasteiger partial charge in [0.1, 0.15) is 11.2 Å². The molecule has 0 bridgehead atoms. The topological polar surface area (TPSA) is 51.1 Å². The molecule has 1 aliphatic rings. The van der Waals surface area contributed by atoms with Gasteiger partial charge in [0.2, 0.25) is 0 Å². The SMILES string of the molecule is [C-]#[N+]c1ccc2c(c1)c1c3oc4ccccc4c3ccc1n2-c1cc(C#N)cc(-c2ccc(C3c4ccccc4-c4c3ccc3c5ccccc5n(-c5ccccc5)c43)cc2)c1. The second-order valence-electron chi connectivity index (χ2n) is 16.2. The lowest BCUT2D eigenvalue weighted by Gasteiger charge is -2.16. The summed E-state index contributed by atoms with van der Waals surface area (Å²) >= 11 is 0.